The maximum atomic E-state index is 8.90. The standard InChI is InChI=1S/C13H30O2Si/c1-12(11-14)9-7-8-10-15-16(5,6)13(2,3)4/h12,14H,7-11H2,1-6H3/t12-/m0/s1. The Morgan fingerprint density at radius 2 is 1.75 bits per heavy atom. The molecule has 0 aromatic carbocycles. The van der Waals surface area contributed by atoms with Crippen LogP contribution in [0.15, 0.2) is 0 Å². The van der Waals surface area contributed by atoms with Crippen LogP contribution in [0.4, 0.5) is 0 Å². The second-order valence-electron chi connectivity index (χ2n) is 6.39. The van der Waals surface area contributed by atoms with E-state index >= 15 is 0 Å². The number of hydrogen-bond donors (Lipinski definition) is 1. The molecule has 1 atom stereocenters. The molecule has 0 aromatic heterocycles. The van der Waals surface area contributed by atoms with Crippen molar-refractivity contribution in [1.29, 1.82) is 0 Å². The third kappa shape index (κ3) is 6.02. The highest BCUT2D eigenvalue weighted by molar-refractivity contribution is 6.74. The van der Waals surface area contributed by atoms with Crippen molar-refractivity contribution in [2.24, 2.45) is 5.92 Å². The average Bonchev–Trinajstić information content (AvgIpc) is 2.15. The van der Waals surface area contributed by atoms with Gasteiger partial charge >= 0.3 is 0 Å². The van der Waals surface area contributed by atoms with Crippen LogP contribution in [0.3, 0.4) is 0 Å². The van der Waals surface area contributed by atoms with Gasteiger partial charge in [0.1, 0.15) is 0 Å². The Kier molecular flexibility index (Phi) is 6.83. The largest absolute Gasteiger partial charge is 0.417 e. The molecule has 0 heterocycles. The molecule has 3 heteroatoms. The molecule has 16 heavy (non-hydrogen) atoms. The molecule has 0 fully saturated rings. The lowest BCUT2D eigenvalue weighted by Gasteiger charge is -2.36. The van der Waals surface area contributed by atoms with Gasteiger partial charge in [0.2, 0.25) is 0 Å². The van der Waals surface area contributed by atoms with Crippen molar-refractivity contribution in [1.82, 2.24) is 0 Å². The van der Waals surface area contributed by atoms with Gasteiger partial charge in [-0.15, -0.1) is 0 Å². The molecule has 0 saturated carbocycles. The van der Waals surface area contributed by atoms with Crippen LogP contribution >= 0.6 is 0 Å². The number of unbranched alkanes of at least 4 members (excludes halogenated alkanes) is 1. The average molecular weight is 246 g/mol. The first-order valence-electron chi connectivity index (χ1n) is 6.45. The Balaban J connectivity index is 3.67. The topological polar surface area (TPSA) is 29.5 Å². The zero-order chi connectivity index (χ0) is 12.8. The van der Waals surface area contributed by atoms with Crippen LogP contribution in [0, 0.1) is 5.92 Å². The molecule has 0 saturated heterocycles. The first-order chi connectivity index (χ1) is 7.20. The molecule has 0 unspecified atom stereocenters. The normalized spacial score (nSPS) is 15.2. The Hall–Kier alpha value is 0.137. The van der Waals surface area contributed by atoms with Crippen LogP contribution in [-0.4, -0.2) is 26.6 Å². The van der Waals surface area contributed by atoms with Crippen molar-refractivity contribution in [3.63, 3.8) is 0 Å². The SMILES string of the molecule is C[C@H](CO)CCCCO[Si](C)(C)C(C)(C)C. The van der Waals surface area contributed by atoms with Gasteiger partial charge in [-0.1, -0.05) is 34.1 Å². The smallest absolute Gasteiger partial charge is 0.191 e. The van der Waals surface area contributed by atoms with E-state index in [1.165, 1.54) is 0 Å². The monoisotopic (exact) mass is 246 g/mol. The highest BCUT2D eigenvalue weighted by Gasteiger charge is 2.36. The van der Waals surface area contributed by atoms with Gasteiger partial charge < -0.3 is 9.53 Å². The highest BCUT2D eigenvalue weighted by atomic mass is 28.4. The summed E-state index contributed by atoms with van der Waals surface area (Å²) in [4.78, 5) is 0. The predicted molar refractivity (Wildman–Crippen MR) is 73.2 cm³/mol. The summed E-state index contributed by atoms with van der Waals surface area (Å²) in [6.07, 6.45) is 3.39. The van der Waals surface area contributed by atoms with Crippen molar-refractivity contribution in [2.75, 3.05) is 13.2 Å². The molecule has 0 aromatic rings. The summed E-state index contributed by atoms with van der Waals surface area (Å²) in [5.74, 6) is 0.438. The van der Waals surface area contributed by atoms with Crippen LogP contribution in [0.25, 0.3) is 0 Å². The molecule has 0 rings (SSSR count). The quantitative estimate of drug-likeness (QED) is 0.547. The van der Waals surface area contributed by atoms with Crippen molar-refractivity contribution in [3.05, 3.63) is 0 Å². The molecule has 0 aliphatic rings. The van der Waals surface area contributed by atoms with E-state index in [0.717, 1.165) is 25.9 Å². The summed E-state index contributed by atoms with van der Waals surface area (Å²) in [7, 11) is -1.54. The predicted octanol–water partition coefficient (Wildman–Crippen LogP) is 3.81. The van der Waals surface area contributed by atoms with Gasteiger partial charge in [0.05, 0.1) is 0 Å². The van der Waals surface area contributed by atoms with Crippen LogP contribution in [-0.2, 0) is 4.43 Å². The van der Waals surface area contributed by atoms with Gasteiger partial charge in [-0.2, -0.15) is 0 Å². The first kappa shape index (κ1) is 16.1. The van der Waals surface area contributed by atoms with Gasteiger partial charge in [0.15, 0.2) is 8.32 Å². The fraction of sp³-hybridized carbons (Fsp3) is 1.00. The first-order valence-corrected chi connectivity index (χ1v) is 9.36. The molecule has 0 amide bonds. The molecule has 0 spiro atoms. The van der Waals surface area contributed by atoms with E-state index < -0.39 is 8.32 Å². The summed E-state index contributed by atoms with van der Waals surface area (Å²) in [6, 6.07) is 0. The number of aliphatic hydroxyl groups excluding tert-OH is 1. The molecule has 0 aliphatic heterocycles. The van der Waals surface area contributed by atoms with Crippen LogP contribution < -0.4 is 0 Å². The Labute approximate surface area is 103 Å². The van der Waals surface area contributed by atoms with Gasteiger partial charge in [-0.3, -0.25) is 0 Å². The molecule has 0 aliphatic carbocycles. The van der Waals surface area contributed by atoms with E-state index in [4.69, 9.17) is 9.53 Å². The molecule has 2 nitrogen and oxygen atoms in total. The van der Waals surface area contributed by atoms with Crippen LogP contribution in [0.2, 0.25) is 18.1 Å². The Morgan fingerprint density at radius 3 is 2.19 bits per heavy atom. The van der Waals surface area contributed by atoms with E-state index in [2.05, 4.69) is 40.8 Å². The maximum Gasteiger partial charge on any atom is 0.191 e. The molecule has 0 radical (unpaired) electrons. The van der Waals surface area contributed by atoms with Crippen molar-refractivity contribution in [3.8, 4) is 0 Å². The maximum absolute atomic E-state index is 8.90. The summed E-state index contributed by atoms with van der Waals surface area (Å²) in [5, 5.41) is 9.21. The third-order valence-electron chi connectivity index (χ3n) is 3.67. The van der Waals surface area contributed by atoms with Crippen molar-refractivity contribution in [2.45, 2.75) is 65.1 Å². The molecular weight excluding hydrogens is 216 g/mol. The lowest BCUT2D eigenvalue weighted by atomic mass is 10.1. The lowest BCUT2D eigenvalue weighted by Crippen LogP contribution is -2.40. The second kappa shape index (κ2) is 6.77. The lowest BCUT2D eigenvalue weighted by molar-refractivity contribution is 0.220. The van der Waals surface area contributed by atoms with Gasteiger partial charge in [0, 0.05) is 13.2 Å². The zero-order valence-electron chi connectivity index (χ0n) is 12.0. The molecule has 0 bridgehead atoms. The third-order valence-corrected chi connectivity index (χ3v) is 8.21. The van der Waals surface area contributed by atoms with Crippen molar-refractivity contribution < 1.29 is 9.53 Å². The summed E-state index contributed by atoms with van der Waals surface area (Å²) in [6.45, 7) is 14.7. The van der Waals surface area contributed by atoms with E-state index in [1.54, 1.807) is 0 Å². The molecular formula is C13H30O2Si. The molecule has 1 N–H and O–H groups in total. The zero-order valence-corrected chi connectivity index (χ0v) is 13.0. The number of aliphatic hydroxyl groups is 1. The second-order valence-corrected chi connectivity index (χ2v) is 11.2. The van der Waals surface area contributed by atoms with E-state index in [1.807, 2.05) is 0 Å². The number of rotatable bonds is 7. The Bertz CT molecular complexity index is 185. The van der Waals surface area contributed by atoms with E-state index in [0.29, 0.717) is 17.6 Å². The molecule has 98 valence electrons. The Morgan fingerprint density at radius 1 is 1.19 bits per heavy atom. The summed E-state index contributed by atoms with van der Waals surface area (Å²) < 4.78 is 6.09. The van der Waals surface area contributed by atoms with Crippen LogP contribution in [0.5, 0.6) is 0 Å². The minimum atomic E-state index is -1.54. The minimum absolute atomic E-state index is 0.309. The van der Waals surface area contributed by atoms with Crippen molar-refractivity contribution >= 4 is 8.32 Å². The van der Waals surface area contributed by atoms with Crippen LogP contribution in [0.1, 0.15) is 47.0 Å². The fourth-order valence-corrected chi connectivity index (χ4v) is 2.32. The number of hydrogen-bond acceptors (Lipinski definition) is 2. The van der Waals surface area contributed by atoms with Gasteiger partial charge in [-0.25, -0.2) is 0 Å². The van der Waals surface area contributed by atoms with E-state index in [-0.39, 0.29) is 0 Å². The summed E-state index contributed by atoms with van der Waals surface area (Å²) in [5.41, 5.74) is 0. The highest BCUT2D eigenvalue weighted by Crippen LogP contribution is 2.36. The fourth-order valence-electron chi connectivity index (χ4n) is 1.23. The van der Waals surface area contributed by atoms with Gasteiger partial charge in [-0.05, 0) is 36.9 Å². The minimum Gasteiger partial charge on any atom is -0.417 e. The van der Waals surface area contributed by atoms with E-state index in [9.17, 15) is 0 Å². The summed E-state index contributed by atoms with van der Waals surface area (Å²) >= 11 is 0. The van der Waals surface area contributed by atoms with Gasteiger partial charge in [0.25, 0.3) is 0 Å².